The predicted molar refractivity (Wildman–Crippen MR) is 154 cm³/mol. The minimum atomic E-state index is -3.03. The summed E-state index contributed by atoms with van der Waals surface area (Å²) in [5.41, 5.74) is 7.81. The summed E-state index contributed by atoms with van der Waals surface area (Å²) in [7, 11) is 0. The fourth-order valence-corrected chi connectivity index (χ4v) is 4.80. The van der Waals surface area contributed by atoms with E-state index < -0.39 is 31.2 Å². The van der Waals surface area contributed by atoms with E-state index in [0.29, 0.717) is 22.5 Å². The number of anilines is 2. The number of halogens is 2. The molecule has 3 heterocycles. The standard InChI is InChI=1S/C30H28ClFN8/c1-2-25(18-6-4-3-5-7-18)37-28-20(14-33)16-35-30-23(28)12-21(13-24(30)31)36-29(19-8-11-27(32)34-15-19)26-17-40(39-38-26)22-9-10-22/h3-8,11-13,15-17,22,25,29,36,38-39H,2,9-10H2,1H3,(H,35,37)/t25?,29-/m1/s1/i1D3,2D2,29D. The lowest BCUT2D eigenvalue weighted by atomic mass is 10.0. The van der Waals surface area contributed by atoms with Gasteiger partial charge in [0.2, 0.25) is 5.95 Å². The van der Waals surface area contributed by atoms with Crippen LogP contribution in [0.25, 0.3) is 10.9 Å². The van der Waals surface area contributed by atoms with E-state index >= 15 is 0 Å². The molecule has 1 unspecified atom stereocenters. The molecule has 202 valence electrons. The third kappa shape index (κ3) is 5.24. The molecule has 1 saturated carbocycles. The number of fused-ring (bicyclic) bond motifs is 1. The van der Waals surface area contributed by atoms with Crippen LogP contribution in [0.1, 0.15) is 63.0 Å². The maximum absolute atomic E-state index is 13.8. The molecule has 1 aliphatic heterocycles. The van der Waals surface area contributed by atoms with Gasteiger partial charge in [-0.3, -0.25) is 9.99 Å². The summed E-state index contributed by atoms with van der Waals surface area (Å²) in [6, 6.07) is 13.2. The lowest BCUT2D eigenvalue weighted by Gasteiger charge is -2.23. The first-order chi connectivity index (χ1) is 21.8. The van der Waals surface area contributed by atoms with E-state index in [9.17, 15) is 11.0 Å². The van der Waals surface area contributed by atoms with Gasteiger partial charge in [-0.25, -0.2) is 4.98 Å². The number of rotatable bonds is 9. The smallest absolute Gasteiger partial charge is 0.212 e. The number of nitriles is 1. The van der Waals surface area contributed by atoms with Crippen LogP contribution in [0.3, 0.4) is 0 Å². The second-order valence-electron chi connectivity index (χ2n) is 9.43. The molecule has 6 rings (SSSR count). The molecular formula is C30H28ClFN8. The maximum atomic E-state index is 13.8. The van der Waals surface area contributed by atoms with Crippen molar-refractivity contribution < 1.29 is 12.6 Å². The van der Waals surface area contributed by atoms with Crippen LogP contribution >= 0.6 is 11.6 Å². The Bertz CT molecular complexity index is 1850. The molecule has 2 aliphatic rings. The largest absolute Gasteiger partial charge is 0.377 e. The van der Waals surface area contributed by atoms with Gasteiger partial charge in [0.05, 0.1) is 40.9 Å². The third-order valence-electron chi connectivity index (χ3n) is 6.69. The molecule has 2 aromatic heterocycles. The topological polar surface area (TPSA) is 101 Å². The van der Waals surface area contributed by atoms with Gasteiger partial charge >= 0.3 is 0 Å². The number of aromatic nitrogens is 2. The Kier molecular flexibility index (Phi) is 5.40. The normalized spacial score (nSPS) is 19.8. The van der Waals surface area contributed by atoms with Crippen LogP contribution < -0.4 is 21.6 Å². The van der Waals surface area contributed by atoms with Crippen LogP contribution in [-0.4, -0.2) is 21.0 Å². The van der Waals surface area contributed by atoms with E-state index in [2.05, 4.69) is 37.6 Å². The molecule has 4 aromatic rings. The Morgan fingerprint density at radius 3 is 2.77 bits per heavy atom. The van der Waals surface area contributed by atoms with Crippen LogP contribution in [0.2, 0.25) is 5.02 Å². The summed E-state index contributed by atoms with van der Waals surface area (Å²) in [6.07, 6.45) is 3.49. The van der Waals surface area contributed by atoms with E-state index in [4.69, 9.17) is 18.5 Å². The summed E-state index contributed by atoms with van der Waals surface area (Å²) in [6.45, 7) is -3.03. The first-order valence-corrected chi connectivity index (χ1v) is 13.0. The number of nitrogens with one attached hydrogen (secondary N) is 4. The van der Waals surface area contributed by atoms with Crippen LogP contribution in [0.5, 0.6) is 0 Å². The van der Waals surface area contributed by atoms with E-state index in [-0.39, 0.29) is 33.2 Å². The van der Waals surface area contributed by atoms with Gasteiger partial charge in [-0.1, -0.05) is 54.9 Å². The van der Waals surface area contributed by atoms with Crippen molar-refractivity contribution in [3.63, 3.8) is 0 Å². The number of hydrogen-bond acceptors (Lipinski definition) is 8. The Hall–Kier alpha value is -4.39. The van der Waals surface area contributed by atoms with Crippen LogP contribution in [0, 0.1) is 17.3 Å². The van der Waals surface area contributed by atoms with Crippen molar-refractivity contribution in [1.29, 1.82) is 5.26 Å². The summed E-state index contributed by atoms with van der Waals surface area (Å²) in [4.78, 5) is 8.11. The molecule has 0 amide bonds. The molecule has 2 aromatic carbocycles. The number of pyridine rings is 2. The Morgan fingerprint density at radius 1 is 1.20 bits per heavy atom. The van der Waals surface area contributed by atoms with E-state index in [1.54, 1.807) is 48.7 Å². The third-order valence-corrected chi connectivity index (χ3v) is 6.98. The fraction of sp³-hybridized carbons (Fsp3) is 0.233. The first kappa shape index (κ1) is 19.6. The van der Waals surface area contributed by atoms with Crippen molar-refractivity contribution in [3.8, 4) is 6.07 Å². The van der Waals surface area contributed by atoms with Gasteiger partial charge in [-0.05, 0) is 48.5 Å². The highest BCUT2D eigenvalue weighted by molar-refractivity contribution is 6.35. The molecule has 8 nitrogen and oxygen atoms in total. The van der Waals surface area contributed by atoms with Crippen molar-refractivity contribution in [2.75, 3.05) is 10.6 Å². The molecule has 1 aliphatic carbocycles. The minimum Gasteiger partial charge on any atom is -0.377 e. The zero-order valence-corrected chi connectivity index (χ0v) is 21.8. The van der Waals surface area contributed by atoms with Gasteiger partial charge in [0.15, 0.2) is 0 Å². The molecule has 0 saturated heterocycles. The van der Waals surface area contributed by atoms with Gasteiger partial charge in [0.25, 0.3) is 0 Å². The van der Waals surface area contributed by atoms with Crippen LogP contribution in [-0.2, 0) is 0 Å². The molecule has 40 heavy (non-hydrogen) atoms. The second-order valence-corrected chi connectivity index (χ2v) is 9.84. The minimum absolute atomic E-state index is 0.0207. The highest BCUT2D eigenvalue weighted by Gasteiger charge is 2.32. The number of benzene rings is 2. The highest BCUT2D eigenvalue weighted by Crippen LogP contribution is 2.38. The Labute approximate surface area is 245 Å². The highest BCUT2D eigenvalue weighted by atomic mass is 35.5. The second kappa shape index (κ2) is 11.0. The monoisotopic (exact) mass is 560 g/mol. The average molecular weight is 561 g/mol. The molecule has 10 heteroatoms. The Balaban J connectivity index is 1.48. The SMILES string of the molecule is [2H]C([2H])([2H])C([2H])([2H])C(Nc1c(C#N)cnc2c(Cl)cc(N[C@@]([2H])(C3=CN(C4CC4)NN3)c3ccc(F)nc3)cc12)c1ccccc1. The van der Waals surface area contributed by atoms with Crippen molar-refractivity contribution >= 4 is 33.9 Å². The van der Waals surface area contributed by atoms with Crippen LogP contribution in [0.4, 0.5) is 15.8 Å². The molecule has 0 bridgehead atoms. The molecule has 0 radical (unpaired) electrons. The van der Waals surface area contributed by atoms with Crippen molar-refractivity contribution in [2.24, 2.45) is 0 Å². The van der Waals surface area contributed by atoms with Crippen LogP contribution in [0.15, 0.2) is 78.9 Å². The van der Waals surface area contributed by atoms with Gasteiger partial charge in [-0.2, -0.15) is 9.65 Å². The van der Waals surface area contributed by atoms with E-state index in [1.165, 1.54) is 18.5 Å². The summed E-state index contributed by atoms with van der Waals surface area (Å²) in [5, 5.41) is 18.5. The maximum Gasteiger partial charge on any atom is 0.212 e. The van der Waals surface area contributed by atoms with Crippen molar-refractivity contribution in [3.05, 3.63) is 107 Å². The summed E-state index contributed by atoms with van der Waals surface area (Å²) in [5.74, 6) is -0.707. The lowest BCUT2D eigenvalue weighted by molar-refractivity contribution is 0.260. The first-order valence-electron chi connectivity index (χ1n) is 15.6. The van der Waals surface area contributed by atoms with Crippen molar-refractivity contribution in [2.45, 2.75) is 44.2 Å². The number of hydrazine groups is 2. The molecule has 4 N–H and O–H groups in total. The number of hydrogen-bond donors (Lipinski definition) is 4. The summed E-state index contributed by atoms with van der Waals surface area (Å²) < 4.78 is 64.6. The average Bonchev–Trinajstić information content (AvgIpc) is 3.75. The zero-order chi connectivity index (χ0) is 32.9. The molecule has 1 fully saturated rings. The molecule has 2 atom stereocenters. The fourth-order valence-electron chi connectivity index (χ4n) is 4.53. The zero-order valence-electron chi connectivity index (χ0n) is 27.0. The molecular weight excluding hydrogens is 527 g/mol. The summed E-state index contributed by atoms with van der Waals surface area (Å²) >= 11 is 6.72. The van der Waals surface area contributed by atoms with Gasteiger partial charge < -0.3 is 16.1 Å². The molecule has 0 spiro atoms. The van der Waals surface area contributed by atoms with Crippen molar-refractivity contribution in [1.82, 2.24) is 25.9 Å². The number of nitrogens with zero attached hydrogens (tertiary/aromatic N) is 4. The van der Waals surface area contributed by atoms with Gasteiger partial charge in [0.1, 0.15) is 6.07 Å². The Morgan fingerprint density at radius 2 is 2.05 bits per heavy atom. The lowest BCUT2D eigenvalue weighted by Crippen LogP contribution is -2.38. The quantitative estimate of drug-likeness (QED) is 0.176. The van der Waals surface area contributed by atoms with E-state index in [1.807, 2.05) is 5.01 Å². The van der Waals surface area contributed by atoms with Gasteiger partial charge in [-0.15, -0.1) is 5.53 Å². The van der Waals surface area contributed by atoms with Gasteiger partial charge in [0, 0.05) is 42.6 Å². The van der Waals surface area contributed by atoms with E-state index in [0.717, 1.165) is 18.9 Å². The predicted octanol–water partition coefficient (Wildman–Crippen LogP) is 6.34.